The molecule has 4 aliphatic rings. The lowest BCUT2D eigenvalue weighted by Gasteiger charge is -2.39. The summed E-state index contributed by atoms with van der Waals surface area (Å²) in [6.45, 7) is 3.68. The molecule has 0 amide bonds. The van der Waals surface area contributed by atoms with Gasteiger partial charge in [-0.1, -0.05) is 30.2 Å². The van der Waals surface area contributed by atoms with Gasteiger partial charge in [0.15, 0.2) is 5.82 Å². The molecule has 0 radical (unpaired) electrons. The molecule has 9 rings (SSSR count). The van der Waals surface area contributed by atoms with Crippen molar-refractivity contribution in [1.29, 1.82) is 0 Å². The van der Waals surface area contributed by atoms with Gasteiger partial charge in [0.25, 0.3) is 6.43 Å². The normalized spacial score (nSPS) is 22.6. The van der Waals surface area contributed by atoms with Gasteiger partial charge >= 0.3 is 6.01 Å². The highest BCUT2D eigenvalue weighted by molar-refractivity contribution is 6.02. The molecule has 0 bridgehead atoms. The van der Waals surface area contributed by atoms with Crippen LogP contribution in [0, 0.1) is 24.0 Å². The summed E-state index contributed by atoms with van der Waals surface area (Å²) in [5, 5.41) is 5.17. The Bertz CT molecular complexity index is 2290. The van der Waals surface area contributed by atoms with Crippen LogP contribution in [0.25, 0.3) is 32.9 Å². The number of fused-ring (bicyclic) bond motifs is 4. The number of ether oxygens (including phenoxy) is 2. The third kappa shape index (κ3) is 5.94. The van der Waals surface area contributed by atoms with Crippen molar-refractivity contribution in [3.63, 3.8) is 0 Å². The topological polar surface area (TPSA) is 101 Å². The molecule has 3 atom stereocenters. The van der Waals surface area contributed by atoms with E-state index in [0.29, 0.717) is 59.4 Å². The number of piperazine rings is 1. The highest BCUT2D eigenvalue weighted by atomic mass is 19.3. The van der Waals surface area contributed by atoms with Crippen molar-refractivity contribution in [2.45, 2.75) is 69.0 Å². The van der Waals surface area contributed by atoms with Crippen molar-refractivity contribution in [2.24, 2.45) is 0 Å². The molecule has 0 saturated carbocycles. The van der Waals surface area contributed by atoms with E-state index in [2.05, 4.69) is 31.0 Å². The van der Waals surface area contributed by atoms with E-state index in [1.54, 1.807) is 18.2 Å². The molecule has 7 heterocycles. The largest absolute Gasteiger partial charge is 0.475 e. The van der Waals surface area contributed by atoms with E-state index >= 15 is 8.78 Å². The van der Waals surface area contributed by atoms with E-state index in [1.807, 2.05) is 6.07 Å². The third-order valence-corrected chi connectivity index (χ3v) is 11.6. The quantitative estimate of drug-likeness (QED) is 0.142. The lowest BCUT2D eigenvalue weighted by atomic mass is 9.94. The molecule has 4 aliphatic heterocycles. The van der Waals surface area contributed by atoms with Gasteiger partial charge in [-0.3, -0.25) is 4.90 Å². The number of terminal acetylenes is 1. The highest BCUT2D eigenvalue weighted by Gasteiger charge is 2.50. The van der Waals surface area contributed by atoms with Gasteiger partial charge in [0.05, 0.1) is 34.6 Å². The minimum atomic E-state index is -2.70. The Balaban J connectivity index is 1.08. The van der Waals surface area contributed by atoms with E-state index in [4.69, 9.17) is 30.8 Å². The van der Waals surface area contributed by atoms with Gasteiger partial charge in [-0.25, -0.2) is 32.5 Å². The van der Waals surface area contributed by atoms with Crippen molar-refractivity contribution in [2.75, 3.05) is 44.3 Å². The minimum absolute atomic E-state index is 0.0568. The molecule has 1 N–H and O–H groups in total. The number of hydrogen-bond acceptors (Lipinski definition) is 10. The van der Waals surface area contributed by atoms with Crippen LogP contribution in [0.3, 0.4) is 0 Å². The number of hydrogen-bond donors (Lipinski definition) is 1. The van der Waals surface area contributed by atoms with Crippen LogP contribution in [-0.4, -0.2) is 86.8 Å². The number of benzene rings is 2. The molecule has 54 heavy (non-hydrogen) atoms. The number of alkyl halides is 2. The van der Waals surface area contributed by atoms with Crippen molar-refractivity contribution >= 4 is 27.5 Å². The van der Waals surface area contributed by atoms with Crippen LogP contribution in [0.5, 0.6) is 11.9 Å². The number of halogens is 4. The van der Waals surface area contributed by atoms with E-state index < -0.39 is 23.8 Å². The molecule has 14 heteroatoms. The highest BCUT2D eigenvalue weighted by Crippen LogP contribution is 2.44. The molecule has 0 aliphatic carbocycles. The zero-order valence-electron chi connectivity index (χ0n) is 29.5. The standard InChI is InChI=1S/C40H38F4N8O2/c1-2-26-28(41)11-10-23-6-3-8-27(32(23)26)35-34(42)36-33-29(48-35)9-4-7-24-18-45-15-17-51(24)38(33)50-39(49-36)54-22-40-13-5-16-52(40)25(12-14-40)21-53-31-20-46-30(19-47-31)37(43)44/h1,3,6,8,10-11,19-20,24-25,37,45H,4-5,7,9,12-18,21-22H2/t24-,25+,40+/m1/s1. The number of pyridine rings is 1. The zero-order chi connectivity index (χ0) is 37.0. The first-order chi connectivity index (χ1) is 26.3. The fourth-order valence-corrected chi connectivity index (χ4v) is 9.02. The molecule has 3 saturated heterocycles. The lowest BCUT2D eigenvalue weighted by molar-refractivity contribution is 0.0677. The summed E-state index contributed by atoms with van der Waals surface area (Å²) >= 11 is 0. The number of rotatable bonds is 8. The third-order valence-electron chi connectivity index (χ3n) is 11.6. The van der Waals surface area contributed by atoms with Gasteiger partial charge < -0.3 is 19.7 Å². The Morgan fingerprint density at radius 2 is 1.89 bits per heavy atom. The van der Waals surface area contributed by atoms with Crippen LogP contribution in [-0.2, 0) is 6.42 Å². The van der Waals surface area contributed by atoms with Crippen LogP contribution >= 0.6 is 0 Å². The first-order valence-corrected chi connectivity index (χ1v) is 18.5. The van der Waals surface area contributed by atoms with Crippen LogP contribution in [0.1, 0.15) is 61.9 Å². The molecular formula is C40H38F4N8O2. The number of nitrogens with zero attached hydrogens (tertiary/aromatic N) is 7. The molecule has 0 unspecified atom stereocenters. The zero-order valence-corrected chi connectivity index (χ0v) is 29.5. The lowest BCUT2D eigenvalue weighted by Crippen LogP contribution is -2.52. The van der Waals surface area contributed by atoms with Crippen LogP contribution < -0.4 is 19.7 Å². The van der Waals surface area contributed by atoms with Crippen molar-refractivity contribution in [3.05, 3.63) is 71.3 Å². The average molecular weight is 739 g/mol. The maximum atomic E-state index is 17.2. The Morgan fingerprint density at radius 3 is 2.72 bits per heavy atom. The molecule has 5 aromatic rings. The number of anilines is 1. The van der Waals surface area contributed by atoms with Gasteiger partial charge in [-0.15, -0.1) is 6.42 Å². The fraction of sp³-hybridized carbons (Fsp3) is 0.425. The number of aryl methyl sites for hydroxylation is 1. The molecule has 278 valence electrons. The Kier molecular flexibility index (Phi) is 8.94. The van der Waals surface area contributed by atoms with E-state index in [1.165, 1.54) is 12.3 Å². The van der Waals surface area contributed by atoms with Gasteiger partial charge in [0.2, 0.25) is 5.88 Å². The van der Waals surface area contributed by atoms with Crippen molar-refractivity contribution < 1.29 is 27.0 Å². The van der Waals surface area contributed by atoms with Gasteiger partial charge in [-0.05, 0) is 62.9 Å². The predicted molar refractivity (Wildman–Crippen MR) is 195 cm³/mol. The maximum Gasteiger partial charge on any atom is 0.319 e. The summed E-state index contributed by atoms with van der Waals surface area (Å²) in [4.78, 5) is 27.1. The van der Waals surface area contributed by atoms with E-state index in [9.17, 15) is 8.78 Å². The summed E-state index contributed by atoms with van der Waals surface area (Å²) in [5.74, 6) is 2.08. The molecule has 2 aromatic carbocycles. The number of aromatic nitrogens is 5. The fourth-order valence-electron chi connectivity index (χ4n) is 9.02. The van der Waals surface area contributed by atoms with Crippen molar-refractivity contribution in [3.8, 4) is 35.5 Å². The Morgan fingerprint density at radius 1 is 0.981 bits per heavy atom. The van der Waals surface area contributed by atoms with Crippen LogP contribution in [0.4, 0.5) is 23.4 Å². The molecule has 3 aromatic heterocycles. The summed E-state index contributed by atoms with van der Waals surface area (Å²) in [6, 6.07) is 8.60. The summed E-state index contributed by atoms with van der Waals surface area (Å²) < 4.78 is 70.6. The van der Waals surface area contributed by atoms with Gasteiger partial charge in [0, 0.05) is 42.7 Å². The van der Waals surface area contributed by atoms with E-state index in [0.717, 1.165) is 64.4 Å². The van der Waals surface area contributed by atoms with E-state index in [-0.39, 0.29) is 46.3 Å². The minimum Gasteiger partial charge on any atom is -0.475 e. The number of nitrogens with one attached hydrogen (secondary N) is 1. The van der Waals surface area contributed by atoms with Crippen molar-refractivity contribution in [1.82, 2.24) is 35.1 Å². The smallest absolute Gasteiger partial charge is 0.319 e. The summed E-state index contributed by atoms with van der Waals surface area (Å²) in [6.07, 6.45) is 11.2. The molecule has 10 nitrogen and oxygen atoms in total. The van der Waals surface area contributed by atoms with Gasteiger partial charge in [0.1, 0.15) is 41.8 Å². The monoisotopic (exact) mass is 738 g/mol. The molecule has 0 spiro atoms. The Labute approximate surface area is 309 Å². The van der Waals surface area contributed by atoms with Gasteiger partial charge in [-0.2, -0.15) is 9.97 Å². The summed E-state index contributed by atoms with van der Waals surface area (Å²) in [5.41, 5.74) is 0.620. The molecular weight excluding hydrogens is 700 g/mol. The first-order valence-electron chi connectivity index (χ1n) is 18.5. The maximum absolute atomic E-state index is 17.2. The second-order valence-corrected chi connectivity index (χ2v) is 14.6. The van der Waals surface area contributed by atoms with Crippen LogP contribution in [0.15, 0.2) is 42.7 Å². The summed E-state index contributed by atoms with van der Waals surface area (Å²) in [7, 11) is 0. The predicted octanol–water partition coefficient (Wildman–Crippen LogP) is 6.40. The second kappa shape index (κ2) is 13.9. The second-order valence-electron chi connectivity index (χ2n) is 14.6. The first kappa shape index (κ1) is 34.6. The Hall–Kier alpha value is -5.13. The SMILES string of the molecule is C#Cc1c(F)ccc2cccc(-c3nc4c5c(nc(OC[C@@]67CCCN6[C@H](COc6cnc(C(F)F)cn6)CC7)nc5c3F)N3CCNC[C@H]3CCC4)c12. The van der Waals surface area contributed by atoms with Crippen LogP contribution in [0.2, 0.25) is 0 Å². The average Bonchev–Trinajstić information content (AvgIpc) is 3.76. The molecule has 3 fully saturated rings.